The summed E-state index contributed by atoms with van der Waals surface area (Å²) < 4.78 is 0. The van der Waals surface area contributed by atoms with Gasteiger partial charge in [-0.3, -0.25) is 0 Å². The first-order chi connectivity index (χ1) is 7.08. The maximum atomic E-state index is 9.06. The summed E-state index contributed by atoms with van der Waals surface area (Å²) in [5.74, 6) is 0.979. The van der Waals surface area contributed by atoms with E-state index in [1.807, 2.05) is 0 Å². The van der Waals surface area contributed by atoms with Gasteiger partial charge in [-0.15, -0.1) is 0 Å². The second-order valence-electron chi connectivity index (χ2n) is 4.49. The first kappa shape index (κ1) is 11.8. The molecule has 0 amide bonds. The van der Waals surface area contributed by atoms with Crippen molar-refractivity contribution in [3.8, 4) is 0 Å². The molecule has 1 aromatic carbocycles. The maximum absolute atomic E-state index is 9.06. The van der Waals surface area contributed by atoms with Gasteiger partial charge in [0.2, 0.25) is 0 Å². The predicted molar refractivity (Wildman–Crippen MR) is 65.1 cm³/mol. The Bertz CT molecular complexity index is 309. The summed E-state index contributed by atoms with van der Waals surface area (Å²) in [6.45, 7) is 7.97. The fourth-order valence-corrected chi connectivity index (χ4v) is 1.51. The zero-order chi connectivity index (χ0) is 11.3. The Hall–Kier alpha value is -1.24. The molecule has 1 nitrogen and oxygen atoms in total. The number of rotatable bonds is 5. The summed E-state index contributed by atoms with van der Waals surface area (Å²) >= 11 is 0. The molecule has 1 heteroatoms. The van der Waals surface area contributed by atoms with E-state index in [9.17, 15) is 0 Å². The van der Waals surface area contributed by atoms with Gasteiger partial charge in [0.05, 0.1) is 5.76 Å². The van der Waals surface area contributed by atoms with E-state index in [0.29, 0.717) is 6.42 Å². The van der Waals surface area contributed by atoms with Crippen molar-refractivity contribution < 1.29 is 5.11 Å². The van der Waals surface area contributed by atoms with E-state index in [2.05, 4.69) is 44.7 Å². The Morgan fingerprint density at radius 3 is 2.20 bits per heavy atom. The molecule has 0 bridgehead atoms. The summed E-state index contributed by atoms with van der Waals surface area (Å²) in [7, 11) is 0. The van der Waals surface area contributed by atoms with Gasteiger partial charge in [0.1, 0.15) is 0 Å². The van der Waals surface area contributed by atoms with Gasteiger partial charge in [-0.05, 0) is 29.9 Å². The van der Waals surface area contributed by atoms with Crippen LogP contribution < -0.4 is 0 Å². The van der Waals surface area contributed by atoms with Crippen molar-refractivity contribution in [1.82, 2.24) is 0 Å². The number of hydrogen-bond acceptors (Lipinski definition) is 1. The highest BCUT2D eigenvalue weighted by molar-refractivity contribution is 5.24. The van der Waals surface area contributed by atoms with Crippen LogP contribution in [0.15, 0.2) is 36.6 Å². The average molecular weight is 204 g/mol. The normalized spacial score (nSPS) is 10.6. The lowest BCUT2D eigenvalue weighted by Crippen LogP contribution is -1.93. The largest absolute Gasteiger partial charge is 0.513 e. The maximum Gasteiger partial charge on any atom is 0.0894 e. The number of aryl methyl sites for hydroxylation is 1. The van der Waals surface area contributed by atoms with Crippen molar-refractivity contribution in [2.45, 2.75) is 33.1 Å². The van der Waals surface area contributed by atoms with Crippen LogP contribution in [0.5, 0.6) is 0 Å². The highest BCUT2D eigenvalue weighted by Crippen LogP contribution is 2.11. The highest BCUT2D eigenvalue weighted by atomic mass is 16.3. The van der Waals surface area contributed by atoms with Crippen LogP contribution in [0.2, 0.25) is 0 Å². The minimum Gasteiger partial charge on any atom is -0.513 e. The summed E-state index contributed by atoms with van der Waals surface area (Å²) in [6, 6.07) is 8.41. The van der Waals surface area contributed by atoms with Crippen LogP contribution in [0.3, 0.4) is 0 Å². The number of allylic oxidation sites excluding steroid dienone is 1. The monoisotopic (exact) mass is 204 g/mol. The van der Waals surface area contributed by atoms with E-state index in [1.54, 1.807) is 0 Å². The molecule has 15 heavy (non-hydrogen) atoms. The first-order valence-corrected chi connectivity index (χ1v) is 5.52. The van der Waals surface area contributed by atoms with Crippen LogP contribution >= 0.6 is 0 Å². The summed E-state index contributed by atoms with van der Waals surface area (Å²) in [6.07, 6.45) is 2.93. The topological polar surface area (TPSA) is 20.2 Å². The van der Waals surface area contributed by atoms with E-state index in [1.165, 1.54) is 12.0 Å². The fourth-order valence-electron chi connectivity index (χ4n) is 1.51. The van der Waals surface area contributed by atoms with Gasteiger partial charge in [0, 0.05) is 6.42 Å². The van der Waals surface area contributed by atoms with Crippen molar-refractivity contribution in [2.24, 2.45) is 5.92 Å². The smallest absolute Gasteiger partial charge is 0.0894 e. The van der Waals surface area contributed by atoms with Gasteiger partial charge in [0.25, 0.3) is 0 Å². The Morgan fingerprint density at radius 2 is 1.73 bits per heavy atom. The molecule has 0 fully saturated rings. The zero-order valence-corrected chi connectivity index (χ0v) is 9.66. The molecule has 0 aliphatic heterocycles. The number of aliphatic hydroxyl groups is 1. The molecule has 0 aromatic heterocycles. The zero-order valence-electron chi connectivity index (χ0n) is 9.66. The van der Waals surface area contributed by atoms with Gasteiger partial charge in [-0.25, -0.2) is 0 Å². The lowest BCUT2D eigenvalue weighted by atomic mass is 10.0. The molecule has 0 spiro atoms. The van der Waals surface area contributed by atoms with Gasteiger partial charge < -0.3 is 5.11 Å². The molecular formula is C14H20O. The molecule has 82 valence electrons. The van der Waals surface area contributed by atoms with Crippen LogP contribution in [0.1, 0.15) is 31.4 Å². The minimum atomic E-state index is 0.227. The Labute approximate surface area is 92.5 Å². The van der Waals surface area contributed by atoms with Crippen molar-refractivity contribution >= 4 is 0 Å². The molecule has 0 aliphatic carbocycles. The van der Waals surface area contributed by atoms with Crippen LogP contribution in [0, 0.1) is 5.92 Å². The second-order valence-corrected chi connectivity index (χ2v) is 4.49. The van der Waals surface area contributed by atoms with Crippen molar-refractivity contribution in [2.75, 3.05) is 0 Å². The highest BCUT2D eigenvalue weighted by Gasteiger charge is 1.98. The fraction of sp³-hybridized carbons (Fsp3) is 0.429. The van der Waals surface area contributed by atoms with E-state index in [0.717, 1.165) is 17.9 Å². The molecule has 0 heterocycles. The van der Waals surface area contributed by atoms with Gasteiger partial charge in [-0.2, -0.15) is 0 Å². The van der Waals surface area contributed by atoms with Crippen molar-refractivity contribution in [3.63, 3.8) is 0 Å². The van der Waals surface area contributed by atoms with E-state index in [4.69, 9.17) is 5.11 Å². The predicted octanol–water partition coefficient (Wildman–Crippen LogP) is 3.89. The number of hydrogen-bond donors (Lipinski definition) is 1. The molecule has 1 N–H and O–H groups in total. The van der Waals surface area contributed by atoms with Gasteiger partial charge >= 0.3 is 0 Å². The minimum absolute atomic E-state index is 0.227. The van der Waals surface area contributed by atoms with Gasteiger partial charge in [-0.1, -0.05) is 44.7 Å². The summed E-state index contributed by atoms with van der Waals surface area (Å²) in [5, 5.41) is 9.06. The summed E-state index contributed by atoms with van der Waals surface area (Å²) in [5.41, 5.74) is 2.49. The van der Waals surface area contributed by atoms with Crippen LogP contribution in [-0.4, -0.2) is 5.11 Å². The standard InChI is InChI=1S/C14H20O/c1-11(2)4-5-13-6-8-14(9-7-13)10-12(3)15/h6-9,11,15H,3-5,10H2,1-2H3. The van der Waals surface area contributed by atoms with Crippen LogP contribution in [0.25, 0.3) is 0 Å². The third-order valence-corrected chi connectivity index (χ3v) is 2.44. The molecule has 0 unspecified atom stereocenters. The SMILES string of the molecule is C=C(O)Cc1ccc(CCC(C)C)cc1. The van der Waals surface area contributed by atoms with Gasteiger partial charge in [0.15, 0.2) is 0 Å². The molecular weight excluding hydrogens is 184 g/mol. The third kappa shape index (κ3) is 4.68. The summed E-state index contributed by atoms with van der Waals surface area (Å²) in [4.78, 5) is 0. The van der Waals surface area contributed by atoms with E-state index in [-0.39, 0.29) is 5.76 Å². The average Bonchev–Trinajstić information content (AvgIpc) is 2.16. The number of benzene rings is 1. The van der Waals surface area contributed by atoms with E-state index >= 15 is 0 Å². The van der Waals surface area contributed by atoms with Crippen LogP contribution in [-0.2, 0) is 12.8 Å². The Balaban J connectivity index is 2.52. The molecule has 0 aliphatic rings. The molecule has 0 atom stereocenters. The third-order valence-electron chi connectivity index (χ3n) is 2.44. The molecule has 0 saturated heterocycles. The van der Waals surface area contributed by atoms with Crippen LogP contribution in [0.4, 0.5) is 0 Å². The molecule has 0 radical (unpaired) electrons. The molecule has 0 saturated carbocycles. The quantitative estimate of drug-likeness (QED) is 0.721. The van der Waals surface area contributed by atoms with E-state index < -0.39 is 0 Å². The lowest BCUT2D eigenvalue weighted by molar-refractivity contribution is 0.401. The first-order valence-electron chi connectivity index (χ1n) is 5.52. The lowest BCUT2D eigenvalue weighted by Gasteiger charge is -2.05. The Morgan fingerprint density at radius 1 is 1.20 bits per heavy atom. The number of aliphatic hydroxyl groups excluding tert-OH is 1. The van der Waals surface area contributed by atoms with Crippen molar-refractivity contribution in [3.05, 3.63) is 47.7 Å². The second kappa shape index (κ2) is 5.59. The molecule has 1 aromatic rings. The molecule has 1 rings (SSSR count). The Kier molecular flexibility index (Phi) is 4.41. The van der Waals surface area contributed by atoms with Crippen molar-refractivity contribution in [1.29, 1.82) is 0 Å².